The van der Waals surface area contributed by atoms with Crippen LogP contribution in [0.15, 0.2) is 42.5 Å². The van der Waals surface area contributed by atoms with Crippen LogP contribution in [-0.2, 0) is 13.2 Å². The molecule has 0 aliphatic carbocycles. The van der Waals surface area contributed by atoms with Crippen LogP contribution >= 0.6 is 0 Å². The Kier molecular flexibility index (Phi) is 4.06. The van der Waals surface area contributed by atoms with Gasteiger partial charge in [0.1, 0.15) is 6.61 Å². The average Bonchev–Trinajstić information content (AvgIpc) is 2.96. The van der Waals surface area contributed by atoms with Crippen LogP contribution in [0.1, 0.15) is 31.3 Å². The molecule has 3 aromatic rings. The number of pyridine rings is 1. The topological polar surface area (TPSA) is 60.2 Å². The molecule has 1 aromatic carbocycles. The SMILES string of the molecule is CC(C)n1nc(OCc2ccc3ccccc3n2)cc1CO. The van der Waals surface area contributed by atoms with Crippen molar-refractivity contribution in [3.05, 3.63) is 53.9 Å². The van der Waals surface area contributed by atoms with Crippen molar-refractivity contribution in [2.45, 2.75) is 33.1 Å². The number of hydrogen-bond donors (Lipinski definition) is 1. The third-order valence-electron chi connectivity index (χ3n) is 3.47. The van der Waals surface area contributed by atoms with Crippen LogP contribution in [0.4, 0.5) is 0 Å². The van der Waals surface area contributed by atoms with Crippen molar-refractivity contribution in [1.82, 2.24) is 14.8 Å². The first-order valence-electron chi connectivity index (χ1n) is 7.34. The minimum atomic E-state index is -0.0528. The lowest BCUT2D eigenvalue weighted by Gasteiger charge is -2.08. The van der Waals surface area contributed by atoms with Crippen LogP contribution < -0.4 is 4.74 Å². The Balaban J connectivity index is 1.76. The third-order valence-corrected chi connectivity index (χ3v) is 3.47. The lowest BCUT2D eigenvalue weighted by Crippen LogP contribution is -2.07. The molecule has 0 aliphatic heterocycles. The van der Waals surface area contributed by atoms with E-state index in [2.05, 4.69) is 10.1 Å². The molecule has 22 heavy (non-hydrogen) atoms. The molecule has 2 heterocycles. The Hall–Kier alpha value is -2.40. The van der Waals surface area contributed by atoms with E-state index in [1.807, 2.05) is 50.2 Å². The summed E-state index contributed by atoms with van der Waals surface area (Å²) in [5.74, 6) is 0.507. The van der Waals surface area contributed by atoms with Crippen LogP contribution in [0.25, 0.3) is 10.9 Å². The number of nitrogens with zero attached hydrogens (tertiary/aromatic N) is 3. The number of para-hydroxylation sites is 1. The van der Waals surface area contributed by atoms with E-state index >= 15 is 0 Å². The maximum atomic E-state index is 9.36. The quantitative estimate of drug-likeness (QED) is 0.786. The molecule has 0 saturated carbocycles. The number of aliphatic hydroxyl groups is 1. The van der Waals surface area contributed by atoms with Gasteiger partial charge in [-0.25, -0.2) is 4.98 Å². The molecular weight excluding hydrogens is 278 g/mol. The average molecular weight is 297 g/mol. The fourth-order valence-electron chi connectivity index (χ4n) is 2.38. The number of aliphatic hydroxyl groups excluding tert-OH is 1. The first kappa shape index (κ1) is 14.5. The van der Waals surface area contributed by atoms with Gasteiger partial charge in [0.05, 0.1) is 23.5 Å². The van der Waals surface area contributed by atoms with Gasteiger partial charge in [-0.3, -0.25) is 4.68 Å². The zero-order chi connectivity index (χ0) is 15.5. The van der Waals surface area contributed by atoms with Crippen LogP contribution in [0.2, 0.25) is 0 Å². The fraction of sp³-hybridized carbons (Fsp3) is 0.294. The van der Waals surface area contributed by atoms with Crippen molar-refractivity contribution in [3.63, 3.8) is 0 Å². The zero-order valence-electron chi connectivity index (χ0n) is 12.7. The summed E-state index contributed by atoms with van der Waals surface area (Å²) in [5, 5.41) is 14.8. The Morgan fingerprint density at radius 3 is 2.73 bits per heavy atom. The summed E-state index contributed by atoms with van der Waals surface area (Å²) >= 11 is 0. The number of benzene rings is 1. The normalized spacial score (nSPS) is 11.3. The van der Waals surface area contributed by atoms with Gasteiger partial charge in [-0.2, -0.15) is 0 Å². The molecule has 2 aromatic heterocycles. The summed E-state index contributed by atoms with van der Waals surface area (Å²) in [7, 11) is 0. The van der Waals surface area contributed by atoms with Gasteiger partial charge in [0.25, 0.3) is 0 Å². The van der Waals surface area contributed by atoms with Gasteiger partial charge in [0.15, 0.2) is 0 Å². The van der Waals surface area contributed by atoms with E-state index in [0.29, 0.717) is 12.5 Å². The lowest BCUT2D eigenvalue weighted by atomic mass is 10.2. The number of hydrogen-bond acceptors (Lipinski definition) is 4. The van der Waals surface area contributed by atoms with E-state index in [-0.39, 0.29) is 12.6 Å². The summed E-state index contributed by atoms with van der Waals surface area (Å²) in [4.78, 5) is 4.57. The fourth-order valence-corrected chi connectivity index (χ4v) is 2.38. The standard InChI is InChI=1S/C17H19N3O2/c1-12(2)20-15(10-21)9-17(19-20)22-11-14-8-7-13-5-3-4-6-16(13)18-14/h3-9,12,21H,10-11H2,1-2H3. The van der Waals surface area contributed by atoms with Gasteiger partial charge in [-0.1, -0.05) is 24.3 Å². The van der Waals surface area contributed by atoms with Crippen molar-refractivity contribution < 1.29 is 9.84 Å². The van der Waals surface area contributed by atoms with Crippen molar-refractivity contribution in [1.29, 1.82) is 0 Å². The number of aromatic nitrogens is 3. The Labute approximate surface area is 129 Å². The number of rotatable bonds is 5. The van der Waals surface area contributed by atoms with Gasteiger partial charge in [-0.05, 0) is 26.0 Å². The molecule has 5 nitrogen and oxygen atoms in total. The van der Waals surface area contributed by atoms with Crippen molar-refractivity contribution in [2.75, 3.05) is 0 Å². The molecule has 0 fully saturated rings. The van der Waals surface area contributed by atoms with Crippen LogP contribution in [0, 0.1) is 0 Å². The summed E-state index contributed by atoms with van der Waals surface area (Å²) in [5.41, 5.74) is 2.55. The molecule has 0 aliphatic rings. The van der Waals surface area contributed by atoms with Gasteiger partial charge in [0.2, 0.25) is 5.88 Å². The zero-order valence-corrected chi connectivity index (χ0v) is 12.7. The minimum Gasteiger partial charge on any atom is -0.470 e. The van der Waals surface area contributed by atoms with E-state index in [0.717, 1.165) is 22.3 Å². The van der Waals surface area contributed by atoms with E-state index in [1.165, 1.54) is 0 Å². The summed E-state index contributed by atoms with van der Waals surface area (Å²) in [6.45, 7) is 4.33. The molecule has 0 bridgehead atoms. The highest BCUT2D eigenvalue weighted by atomic mass is 16.5. The summed E-state index contributed by atoms with van der Waals surface area (Å²) in [6.07, 6.45) is 0. The minimum absolute atomic E-state index is 0.0528. The monoisotopic (exact) mass is 297 g/mol. The van der Waals surface area contributed by atoms with Crippen LogP contribution in [0.5, 0.6) is 5.88 Å². The highest BCUT2D eigenvalue weighted by molar-refractivity contribution is 5.78. The van der Waals surface area contributed by atoms with Gasteiger partial charge < -0.3 is 9.84 Å². The van der Waals surface area contributed by atoms with Crippen LogP contribution in [-0.4, -0.2) is 19.9 Å². The molecule has 3 rings (SSSR count). The second kappa shape index (κ2) is 6.15. The highest BCUT2D eigenvalue weighted by Crippen LogP contribution is 2.18. The van der Waals surface area contributed by atoms with Gasteiger partial charge >= 0.3 is 0 Å². The van der Waals surface area contributed by atoms with Gasteiger partial charge in [-0.15, -0.1) is 5.10 Å². The Morgan fingerprint density at radius 1 is 1.18 bits per heavy atom. The molecular formula is C17H19N3O2. The molecule has 1 N–H and O–H groups in total. The third kappa shape index (κ3) is 2.94. The van der Waals surface area contributed by atoms with Crippen molar-refractivity contribution in [3.8, 4) is 5.88 Å². The molecule has 0 unspecified atom stereocenters. The molecule has 114 valence electrons. The van der Waals surface area contributed by atoms with Gasteiger partial charge in [0, 0.05) is 17.5 Å². The molecule has 0 radical (unpaired) electrons. The van der Waals surface area contributed by atoms with Crippen molar-refractivity contribution in [2.24, 2.45) is 0 Å². The van der Waals surface area contributed by atoms with Crippen molar-refractivity contribution >= 4 is 10.9 Å². The smallest absolute Gasteiger partial charge is 0.233 e. The predicted molar refractivity (Wildman–Crippen MR) is 84.6 cm³/mol. The summed E-state index contributed by atoms with van der Waals surface area (Å²) < 4.78 is 7.48. The highest BCUT2D eigenvalue weighted by Gasteiger charge is 2.11. The number of fused-ring (bicyclic) bond motifs is 1. The first-order valence-corrected chi connectivity index (χ1v) is 7.34. The van der Waals surface area contributed by atoms with Crippen LogP contribution in [0.3, 0.4) is 0 Å². The van der Waals surface area contributed by atoms with E-state index in [4.69, 9.17) is 4.74 Å². The molecule has 5 heteroatoms. The van der Waals surface area contributed by atoms with E-state index in [9.17, 15) is 5.11 Å². The Morgan fingerprint density at radius 2 is 2.00 bits per heavy atom. The number of ether oxygens (including phenoxy) is 1. The van der Waals surface area contributed by atoms with E-state index in [1.54, 1.807) is 10.7 Å². The molecule has 0 amide bonds. The second-order valence-corrected chi connectivity index (χ2v) is 5.45. The molecule has 0 spiro atoms. The maximum Gasteiger partial charge on any atom is 0.233 e. The largest absolute Gasteiger partial charge is 0.470 e. The Bertz CT molecular complexity index is 780. The lowest BCUT2D eigenvalue weighted by molar-refractivity contribution is 0.263. The first-order chi connectivity index (χ1) is 10.7. The van der Waals surface area contributed by atoms with E-state index < -0.39 is 0 Å². The predicted octanol–water partition coefficient (Wildman–Crippen LogP) is 3.08. The second-order valence-electron chi connectivity index (χ2n) is 5.45. The molecule has 0 saturated heterocycles. The summed E-state index contributed by atoms with van der Waals surface area (Å²) in [6, 6.07) is 13.9. The molecule has 0 atom stereocenters. The maximum absolute atomic E-state index is 9.36.